The lowest BCUT2D eigenvalue weighted by Crippen LogP contribution is -2.51. The molecule has 0 fully saturated rings. The fraction of sp³-hybridized carbons (Fsp3) is 0.429. The summed E-state index contributed by atoms with van der Waals surface area (Å²) in [5.41, 5.74) is -0.884. The van der Waals surface area contributed by atoms with Crippen LogP contribution >= 0.6 is 11.7 Å². The fourth-order valence-corrected chi connectivity index (χ4v) is 2.72. The maximum Gasteiger partial charge on any atom is 0.305 e. The summed E-state index contributed by atoms with van der Waals surface area (Å²) in [4.78, 5) is 34.1. The van der Waals surface area contributed by atoms with Crippen LogP contribution in [0.4, 0.5) is 5.69 Å². The van der Waals surface area contributed by atoms with Crippen molar-refractivity contribution in [3.05, 3.63) is 27.8 Å². The van der Waals surface area contributed by atoms with E-state index < -0.39 is 22.3 Å². The Balaban J connectivity index is 2.40. The Hall–Kier alpha value is -2.62. The minimum Gasteiger partial charge on any atom is -0.481 e. The van der Waals surface area contributed by atoms with Gasteiger partial charge in [-0.2, -0.15) is 8.75 Å². The molecule has 1 atom stereocenters. The van der Waals surface area contributed by atoms with Crippen LogP contribution in [0.5, 0.6) is 0 Å². The summed E-state index contributed by atoms with van der Waals surface area (Å²) in [6.07, 6.45) is -0.265. The minimum atomic E-state index is -1.04. The molecule has 0 aliphatic rings. The molecule has 2 rings (SSSR count). The molecule has 0 saturated carbocycles. The Labute approximate surface area is 141 Å². The van der Waals surface area contributed by atoms with Crippen molar-refractivity contribution in [3.63, 3.8) is 0 Å². The van der Waals surface area contributed by atoms with Crippen molar-refractivity contribution in [1.82, 2.24) is 14.1 Å². The number of carboxylic acids is 1. The first-order chi connectivity index (χ1) is 11.1. The van der Waals surface area contributed by atoms with Crippen molar-refractivity contribution in [1.29, 1.82) is 0 Å². The molecule has 1 amide bonds. The second-order valence-corrected chi connectivity index (χ2v) is 6.51. The van der Waals surface area contributed by atoms with E-state index in [1.54, 1.807) is 20.8 Å². The van der Waals surface area contributed by atoms with E-state index in [4.69, 9.17) is 5.11 Å². The molecular weight excluding hydrogens is 336 g/mol. The van der Waals surface area contributed by atoms with Gasteiger partial charge in [-0.25, -0.2) is 0 Å². The summed E-state index contributed by atoms with van der Waals surface area (Å²) >= 11 is 0.817. The number of hydrogen-bond acceptors (Lipinski definition) is 7. The standard InChI is InChI=1S/C14H16N4O5S/c1-7(2)14(3,6-11(19)20)15-13(21)8-4-9-12(17-24-16-9)10(5-8)18(22)23/h4-5,7H,6H2,1-3H3,(H,15,21)(H,19,20). The predicted molar refractivity (Wildman–Crippen MR) is 87.0 cm³/mol. The summed E-state index contributed by atoms with van der Waals surface area (Å²) in [5.74, 6) is -1.79. The molecule has 2 N–H and O–H groups in total. The average Bonchev–Trinajstić information content (AvgIpc) is 2.92. The number of benzene rings is 1. The van der Waals surface area contributed by atoms with Crippen LogP contribution in [0.2, 0.25) is 0 Å². The number of aliphatic carboxylic acids is 1. The Morgan fingerprint density at radius 1 is 1.42 bits per heavy atom. The first-order valence-electron chi connectivity index (χ1n) is 7.09. The molecule has 0 spiro atoms. The van der Waals surface area contributed by atoms with Gasteiger partial charge in [-0.1, -0.05) is 13.8 Å². The Morgan fingerprint density at radius 3 is 2.62 bits per heavy atom. The number of non-ortho nitro benzene ring substituents is 1. The molecule has 0 bridgehead atoms. The highest BCUT2D eigenvalue weighted by Crippen LogP contribution is 2.27. The van der Waals surface area contributed by atoms with Gasteiger partial charge < -0.3 is 10.4 Å². The molecule has 2 aromatic rings. The highest BCUT2D eigenvalue weighted by atomic mass is 32.1. The Bertz CT molecular complexity index is 819. The molecule has 128 valence electrons. The Kier molecular flexibility index (Phi) is 4.78. The number of carboxylic acid groups (broad SMARTS) is 1. The summed E-state index contributed by atoms with van der Waals surface area (Å²) in [6.45, 7) is 5.21. The molecule has 0 saturated heterocycles. The molecule has 1 unspecified atom stereocenters. The number of rotatable bonds is 6. The van der Waals surface area contributed by atoms with E-state index in [0.29, 0.717) is 0 Å². The second-order valence-electron chi connectivity index (χ2n) is 5.98. The summed E-state index contributed by atoms with van der Waals surface area (Å²) in [5, 5.41) is 22.9. The number of amides is 1. The third-order valence-corrected chi connectivity index (χ3v) is 4.53. The number of nitro benzene ring substituents is 1. The maximum absolute atomic E-state index is 12.5. The zero-order valence-corrected chi connectivity index (χ0v) is 14.1. The molecule has 10 heteroatoms. The monoisotopic (exact) mass is 352 g/mol. The number of nitrogens with one attached hydrogen (secondary N) is 1. The highest BCUT2D eigenvalue weighted by molar-refractivity contribution is 7.00. The van der Waals surface area contributed by atoms with Crippen molar-refractivity contribution < 1.29 is 19.6 Å². The van der Waals surface area contributed by atoms with Crippen molar-refractivity contribution in [2.75, 3.05) is 0 Å². The van der Waals surface area contributed by atoms with Crippen LogP contribution in [-0.4, -0.2) is 36.2 Å². The van der Waals surface area contributed by atoms with Crippen molar-refractivity contribution in [2.45, 2.75) is 32.7 Å². The third kappa shape index (κ3) is 3.48. The molecule has 9 nitrogen and oxygen atoms in total. The molecule has 1 aromatic heterocycles. The SMILES string of the molecule is CC(C)C(C)(CC(=O)O)NC(=O)c1cc([N+](=O)[O-])c2nsnc2c1. The van der Waals surface area contributed by atoms with Crippen LogP contribution in [0.3, 0.4) is 0 Å². The molecule has 24 heavy (non-hydrogen) atoms. The van der Waals surface area contributed by atoms with Gasteiger partial charge in [0.05, 0.1) is 28.6 Å². The molecule has 1 aromatic carbocycles. The lowest BCUT2D eigenvalue weighted by molar-refractivity contribution is -0.383. The van der Waals surface area contributed by atoms with E-state index in [0.717, 1.165) is 17.8 Å². The van der Waals surface area contributed by atoms with E-state index in [1.165, 1.54) is 6.07 Å². The van der Waals surface area contributed by atoms with Crippen molar-refractivity contribution >= 4 is 40.3 Å². The predicted octanol–water partition coefficient (Wildman–Crippen LogP) is 2.22. The van der Waals surface area contributed by atoms with Crippen LogP contribution < -0.4 is 5.32 Å². The van der Waals surface area contributed by atoms with Crippen LogP contribution in [0.1, 0.15) is 37.6 Å². The van der Waals surface area contributed by atoms with Gasteiger partial charge in [-0.3, -0.25) is 19.7 Å². The molecule has 0 aliphatic carbocycles. The van der Waals surface area contributed by atoms with Gasteiger partial charge in [-0.15, -0.1) is 0 Å². The first-order valence-corrected chi connectivity index (χ1v) is 7.82. The molecule has 0 radical (unpaired) electrons. The van der Waals surface area contributed by atoms with Gasteiger partial charge in [0.1, 0.15) is 5.52 Å². The molecule has 0 aliphatic heterocycles. The fourth-order valence-electron chi connectivity index (χ4n) is 2.18. The quantitative estimate of drug-likeness (QED) is 0.601. The topological polar surface area (TPSA) is 135 Å². The first kappa shape index (κ1) is 17.7. The number of carbonyl (C=O) groups excluding carboxylic acids is 1. The van der Waals surface area contributed by atoms with Gasteiger partial charge in [0, 0.05) is 11.6 Å². The number of hydrogen-bond donors (Lipinski definition) is 2. The normalized spacial score (nSPS) is 13.7. The number of nitro groups is 1. The number of aromatic nitrogens is 2. The summed E-state index contributed by atoms with van der Waals surface area (Å²) in [6, 6.07) is 2.53. The summed E-state index contributed by atoms with van der Waals surface area (Å²) < 4.78 is 7.80. The molecular formula is C14H16N4O5S. The van der Waals surface area contributed by atoms with Crippen LogP contribution in [0.15, 0.2) is 12.1 Å². The Morgan fingerprint density at radius 2 is 2.08 bits per heavy atom. The van der Waals surface area contributed by atoms with E-state index in [1.807, 2.05) is 0 Å². The molecule has 1 heterocycles. The largest absolute Gasteiger partial charge is 0.481 e. The van der Waals surface area contributed by atoms with Gasteiger partial charge in [-0.05, 0) is 18.9 Å². The summed E-state index contributed by atoms with van der Waals surface area (Å²) in [7, 11) is 0. The van der Waals surface area contributed by atoms with Gasteiger partial charge in [0.25, 0.3) is 11.6 Å². The second kappa shape index (κ2) is 6.48. The minimum absolute atomic E-state index is 0.0409. The van der Waals surface area contributed by atoms with Crippen molar-refractivity contribution in [2.24, 2.45) is 5.92 Å². The van der Waals surface area contributed by atoms with E-state index >= 15 is 0 Å². The van der Waals surface area contributed by atoms with Gasteiger partial charge in [0.15, 0.2) is 5.52 Å². The highest BCUT2D eigenvalue weighted by Gasteiger charge is 2.33. The maximum atomic E-state index is 12.5. The van der Waals surface area contributed by atoms with E-state index in [9.17, 15) is 19.7 Å². The number of fused-ring (bicyclic) bond motifs is 1. The lowest BCUT2D eigenvalue weighted by Gasteiger charge is -2.33. The van der Waals surface area contributed by atoms with E-state index in [-0.39, 0.29) is 34.6 Å². The van der Waals surface area contributed by atoms with E-state index in [2.05, 4.69) is 14.1 Å². The van der Waals surface area contributed by atoms with Gasteiger partial charge in [0.2, 0.25) is 0 Å². The number of carbonyl (C=O) groups is 2. The lowest BCUT2D eigenvalue weighted by atomic mass is 9.85. The van der Waals surface area contributed by atoms with Gasteiger partial charge >= 0.3 is 5.97 Å². The van der Waals surface area contributed by atoms with Crippen molar-refractivity contribution in [3.8, 4) is 0 Å². The van der Waals surface area contributed by atoms with Crippen LogP contribution in [-0.2, 0) is 4.79 Å². The average molecular weight is 352 g/mol. The zero-order chi connectivity index (χ0) is 18.1. The van der Waals surface area contributed by atoms with Crippen LogP contribution in [0, 0.1) is 16.0 Å². The van der Waals surface area contributed by atoms with Crippen LogP contribution in [0.25, 0.3) is 11.0 Å². The smallest absolute Gasteiger partial charge is 0.305 e. The number of nitrogens with zero attached hydrogens (tertiary/aromatic N) is 3. The third-order valence-electron chi connectivity index (χ3n) is 3.99. The zero-order valence-electron chi connectivity index (χ0n) is 13.3.